The maximum Gasteiger partial charge on any atom is 0.297 e. The molecule has 0 amide bonds. The summed E-state index contributed by atoms with van der Waals surface area (Å²) >= 11 is 0. The molecule has 0 unspecified atom stereocenters. The summed E-state index contributed by atoms with van der Waals surface area (Å²) in [6.07, 6.45) is 2.52. The van der Waals surface area contributed by atoms with Gasteiger partial charge in [0.1, 0.15) is 18.5 Å². The molecule has 0 aliphatic carbocycles. The van der Waals surface area contributed by atoms with E-state index in [1.807, 2.05) is 19.9 Å². The van der Waals surface area contributed by atoms with Gasteiger partial charge in [-0.05, 0) is 38.1 Å². The second-order valence-corrected chi connectivity index (χ2v) is 9.17. The number of morpholine rings is 1. The molecule has 1 aromatic heterocycles. The fraction of sp³-hybridized carbons (Fsp3) is 0.318. The van der Waals surface area contributed by atoms with Crippen LogP contribution in [0.25, 0.3) is 10.9 Å². The molecule has 2 heterocycles. The maximum absolute atomic E-state index is 12.5. The van der Waals surface area contributed by atoms with Crippen molar-refractivity contribution < 1.29 is 17.3 Å². The second-order valence-electron chi connectivity index (χ2n) is 7.55. The third-order valence-electron chi connectivity index (χ3n) is 5.16. The summed E-state index contributed by atoms with van der Waals surface area (Å²) in [6, 6.07) is 12.3. The van der Waals surface area contributed by atoms with Crippen LogP contribution in [0.2, 0.25) is 0 Å². The molecule has 0 bridgehead atoms. The summed E-state index contributed by atoms with van der Waals surface area (Å²) in [5.74, 6) is 0. The van der Waals surface area contributed by atoms with E-state index in [2.05, 4.69) is 20.9 Å². The molecule has 0 spiro atoms. The number of fused-ring (bicyclic) bond motifs is 1. The van der Waals surface area contributed by atoms with E-state index >= 15 is 0 Å². The molecular formula is C22H22N4O4S. The minimum atomic E-state index is -3.87. The molecular weight excluding hydrogens is 416 g/mol. The quantitative estimate of drug-likeness (QED) is 0.560. The Balaban J connectivity index is 1.54. The molecule has 160 valence electrons. The minimum absolute atomic E-state index is 0.0955. The van der Waals surface area contributed by atoms with Crippen LogP contribution in [-0.4, -0.2) is 50.3 Å². The van der Waals surface area contributed by atoms with Crippen molar-refractivity contribution in [3.8, 4) is 6.07 Å². The zero-order valence-corrected chi connectivity index (χ0v) is 18.0. The number of rotatable bonds is 5. The number of aromatic nitrogens is 2. The van der Waals surface area contributed by atoms with Gasteiger partial charge in [0.25, 0.3) is 10.1 Å². The van der Waals surface area contributed by atoms with E-state index in [9.17, 15) is 13.7 Å². The van der Waals surface area contributed by atoms with E-state index in [1.54, 1.807) is 24.4 Å². The smallest absolute Gasteiger partial charge is 0.297 e. The number of anilines is 1. The Morgan fingerprint density at radius 1 is 1.23 bits per heavy atom. The molecule has 1 fully saturated rings. The molecule has 9 heteroatoms. The van der Waals surface area contributed by atoms with Crippen LogP contribution in [0, 0.1) is 18.3 Å². The lowest BCUT2D eigenvalue weighted by Gasteiger charge is -2.38. The van der Waals surface area contributed by atoms with Crippen molar-refractivity contribution in [2.24, 2.45) is 0 Å². The van der Waals surface area contributed by atoms with Crippen LogP contribution in [-0.2, 0) is 19.0 Å². The fourth-order valence-corrected chi connectivity index (χ4v) is 4.64. The van der Waals surface area contributed by atoms with Crippen molar-refractivity contribution >= 4 is 26.7 Å². The highest BCUT2D eigenvalue weighted by Crippen LogP contribution is 2.30. The number of hydrogen-bond acceptors (Lipinski definition) is 8. The van der Waals surface area contributed by atoms with Gasteiger partial charge in [-0.1, -0.05) is 17.7 Å². The molecule has 1 aliphatic rings. The Hall–Kier alpha value is -3.06. The molecule has 8 nitrogen and oxygen atoms in total. The van der Waals surface area contributed by atoms with Crippen LogP contribution >= 0.6 is 0 Å². The summed E-state index contributed by atoms with van der Waals surface area (Å²) in [4.78, 5) is 10.6. The van der Waals surface area contributed by atoms with Gasteiger partial charge >= 0.3 is 0 Å². The van der Waals surface area contributed by atoms with Crippen molar-refractivity contribution in [1.29, 1.82) is 5.26 Å². The van der Waals surface area contributed by atoms with Gasteiger partial charge in [-0.25, -0.2) is 9.97 Å². The first-order chi connectivity index (χ1) is 14.9. The first-order valence-corrected chi connectivity index (χ1v) is 11.3. The zero-order chi connectivity index (χ0) is 22.0. The topological polar surface area (TPSA) is 105 Å². The van der Waals surface area contributed by atoms with Crippen LogP contribution in [0.5, 0.6) is 0 Å². The molecule has 1 aliphatic heterocycles. The largest absolute Gasteiger partial charge is 0.369 e. The van der Waals surface area contributed by atoms with E-state index in [-0.39, 0.29) is 17.6 Å². The van der Waals surface area contributed by atoms with E-state index < -0.39 is 16.2 Å². The van der Waals surface area contributed by atoms with Crippen molar-refractivity contribution in [1.82, 2.24) is 9.97 Å². The molecule has 2 atom stereocenters. The molecule has 0 saturated carbocycles. The number of ether oxygens (including phenoxy) is 1. The molecule has 1 saturated heterocycles. The first-order valence-electron chi connectivity index (χ1n) is 9.86. The van der Waals surface area contributed by atoms with E-state index in [0.29, 0.717) is 24.2 Å². The highest BCUT2D eigenvalue weighted by Gasteiger charge is 2.29. The van der Waals surface area contributed by atoms with Crippen LogP contribution in [0.4, 0.5) is 5.69 Å². The number of benzene rings is 2. The van der Waals surface area contributed by atoms with Crippen LogP contribution in [0.1, 0.15) is 18.1 Å². The third-order valence-corrected chi connectivity index (χ3v) is 6.45. The van der Waals surface area contributed by atoms with Gasteiger partial charge in [-0.15, -0.1) is 0 Å². The number of nitrogens with zero attached hydrogens (tertiary/aromatic N) is 4. The Bertz CT molecular complexity index is 1240. The normalized spacial score (nSPS) is 19.3. The Labute approximate surface area is 181 Å². The van der Waals surface area contributed by atoms with Gasteiger partial charge in [0.15, 0.2) is 0 Å². The van der Waals surface area contributed by atoms with E-state index in [4.69, 9.17) is 8.92 Å². The fourth-order valence-electron chi connectivity index (χ4n) is 3.70. The van der Waals surface area contributed by atoms with Crippen LogP contribution < -0.4 is 4.90 Å². The van der Waals surface area contributed by atoms with Crippen molar-refractivity contribution in [3.63, 3.8) is 0 Å². The first kappa shape index (κ1) is 21.2. The van der Waals surface area contributed by atoms with E-state index in [0.717, 1.165) is 16.6 Å². The lowest BCUT2D eigenvalue weighted by molar-refractivity contribution is -0.0359. The van der Waals surface area contributed by atoms with Gasteiger partial charge in [0, 0.05) is 30.4 Å². The number of hydrogen-bond donors (Lipinski definition) is 0. The monoisotopic (exact) mass is 438 g/mol. The van der Waals surface area contributed by atoms with Gasteiger partial charge < -0.3 is 9.64 Å². The average Bonchev–Trinajstić information content (AvgIpc) is 2.77. The molecule has 3 aromatic rings. The molecule has 4 rings (SSSR count). The third kappa shape index (κ3) is 4.51. The van der Waals surface area contributed by atoms with Crippen molar-refractivity contribution in [2.45, 2.75) is 31.0 Å². The van der Waals surface area contributed by atoms with Crippen molar-refractivity contribution in [3.05, 3.63) is 60.0 Å². The minimum Gasteiger partial charge on any atom is -0.369 e. The van der Waals surface area contributed by atoms with Gasteiger partial charge in [0.05, 0.1) is 28.7 Å². The predicted molar refractivity (Wildman–Crippen MR) is 115 cm³/mol. The molecule has 0 radical (unpaired) electrons. The van der Waals surface area contributed by atoms with Crippen LogP contribution in [0.15, 0.2) is 53.8 Å². The number of aryl methyl sites for hydroxylation is 1. The predicted octanol–water partition coefficient (Wildman–Crippen LogP) is 2.81. The molecule has 0 N–H and O–H groups in total. The Morgan fingerprint density at radius 3 is 2.74 bits per heavy atom. The highest BCUT2D eigenvalue weighted by molar-refractivity contribution is 7.86. The number of nitriles is 1. The van der Waals surface area contributed by atoms with Gasteiger partial charge in [0.2, 0.25) is 0 Å². The van der Waals surface area contributed by atoms with E-state index in [1.165, 1.54) is 18.5 Å². The molecule has 31 heavy (non-hydrogen) atoms. The lowest BCUT2D eigenvalue weighted by Crippen LogP contribution is -2.48. The Morgan fingerprint density at radius 2 is 2.00 bits per heavy atom. The van der Waals surface area contributed by atoms with Crippen molar-refractivity contribution in [2.75, 3.05) is 24.6 Å². The second kappa shape index (κ2) is 8.59. The van der Waals surface area contributed by atoms with Crippen LogP contribution in [0.3, 0.4) is 0 Å². The summed E-state index contributed by atoms with van der Waals surface area (Å²) in [5, 5.41) is 10.1. The maximum atomic E-state index is 12.5. The standard InChI is InChI=1S/C22H22N4O4S/c1-15-3-6-19(7-4-15)31(27,28)29-13-18-12-26(11-16(2)30-18)21-8-5-17(9-23)22-20(21)10-24-14-25-22/h3-8,10,14,16,18H,11-13H2,1-2H3/t16-,18-/m1/s1. The van der Waals surface area contributed by atoms with Gasteiger partial charge in [-0.2, -0.15) is 13.7 Å². The lowest BCUT2D eigenvalue weighted by atomic mass is 10.1. The summed E-state index contributed by atoms with van der Waals surface area (Å²) in [5.41, 5.74) is 2.91. The summed E-state index contributed by atoms with van der Waals surface area (Å²) in [6.45, 7) is 4.76. The zero-order valence-electron chi connectivity index (χ0n) is 17.2. The Kier molecular flexibility index (Phi) is 5.87. The molecule has 2 aromatic carbocycles. The van der Waals surface area contributed by atoms with Gasteiger partial charge in [-0.3, -0.25) is 4.18 Å². The highest BCUT2D eigenvalue weighted by atomic mass is 32.2. The SMILES string of the molecule is Cc1ccc(S(=O)(=O)OC[C@H]2CN(c3ccc(C#N)c4ncncc34)C[C@@H](C)O2)cc1. The summed E-state index contributed by atoms with van der Waals surface area (Å²) < 4.78 is 36.3. The summed E-state index contributed by atoms with van der Waals surface area (Å²) in [7, 11) is -3.87. The average molecular weight is 439 g/mol.